The molecule has 0 unspecified atom stereocenters. The lowest BCUT2D eigenvalue weighted by Crippen LogP contribution is -2.18. The van der Waals surface area contributed by atoms with Crippen LogP contribution in [0.15, 0.2) is 48.5 Å². The van der Waals surface area contributed by atoms with E-state index in [2.05, 4.69) is 24.4 Å². The van der Waals surface area contributed by atoms with E-state index in [0.717, 1.165) is 5.56 Å². The standard InChI is InChI=1S/C15H15Cl2N/c1-11(12-6-3-2-4-7-12)18-10-13-14(16)8-5-9-15(13)17/h2-9,11,18H,10H2,1H3/t11-/m1/s1. The summed E-state index contributed by atoms with van der Waals surface area (Å²) < 4.78 is 0. The van der Waals surface area contributed by atoms with E-state index in [1.165, 1.54) is 5.56 Å². The van der Waals surface area contributed by atoms with Crippen LogP contribution < -0.4 is 5.32 Å². The second-order valence-electron chi connectivity index (χ2n) is 4.21. The van der Waals surface area contributed by atoms with E-state index in [9.17, 15) is 0 Å². The third-order valence-corrected chi connectivity index (χ3v) is 3.65. The molecule has 0 aliphatic rings. The second kappa shape index (κ2) is 6.24. The SMILES string of the molecule is C[C@@H](NCc1c(Cl)cccc1Cl)c1ccccc1. The zero-order valence-corrected chi connectivity index (χ0v) is 11.7. The van der Waals surface area contributed by atoms with Gasteiger partial charge in [-0.25, -0.2) is 0 Å². The van der Waals surface area contributed by atoms with Crippen LogP contribution in [0.1, 0.15) is 24.1 Å². The van der Waals surface area contributed by atoms with Crippen LogP contribution in [0.2, 0.25) is 10.0 Å². The van der Waals surface area contributed by atoms with E-state index in [1.807, 2.05) is 36.4 Å². The summed E-state index contributed by atoms with van der Waals surface area (Å²) in [7, 11) is 0. The smallest absolute Gasteiger partial charge is 0.0465 e. The van der Waals surface area contributed by atoms with Gasteiger partial charge in [-0.2, -0.15) is 0 Å². The normalized spacial score (nSPS) is 12.4. The number of hydrogen-bond acceptors (Lipinski definition) is 1. The summed E-state index contributed by atoms with van der Waals surface area (Å²) >= 11 is 12.3. The summed E-state index contributed by atoms with van der Waals surface area (Å²) in [5, 5.41) is 4.84. The van der Waals surface area contributed by atoms with Crippen molar-refractivity contribution in [3.8, 4) is 0 Å². The highest BCUT2D eigenvalue weighted by Crippen LogP contribution is 2.24. The highest BCUT2D eigenvalue weighted by Gasteiger charge is 2.08. The monoisotopic (exact) mass is 279 g/mol. The fourth-order valence-corrected chi connectivity index (χ4v) is 2.35. The molecule has 0 radical (unpaired) electrons. The van der Waals surface area contributed by atoms with Gasteiger partial charge in [-0.05, 0) is 24.6 Å². The highest BCUT2D eigenvalue weighted by atomic mass is 35.5. The number of rotatable bonds is 4. The summed E-state index contributed by atoms with van der Waals surface area (Å²) in [5.74, 6) is 0. The Labute approximate surface area is 118 Å². The number of nitrogens with one attached hydrogen (secondary N) is 1. The van der Waals surface area contributed by atoms with Gasteiger partial charge in [0, 0.05) is 28.2 Å². The van der Waals surface area contributed by atoms with Gasteiger partial charge in [0.2, 0.25) is 0 Å². The van der Waals surface area contributed by atoms with Gasteiger partial charge >= 0.3 is 0 Å². The Morgan fingerprint density at radius 1 is 0.944 bits per heavy atom. The van der Waals surface area contributed by atoms with E-state index in [-0.39, 0.29) is 6.04 Å². The van der Waals surface area contributed by atoms with Crippen molar-refractivity contribution in [2.24, 2.45) is 0 Å². The summed E-state index contributed by atoms with van der Waals surface area (Å²) in [4.78, 5) is 0. The van der Waals surface area contributed by atoms with E-state index in [0.29, 0.717) is 16.6 Å². The van der Waals surface area contributed by atoms with Gasteiger partial charge in [0.05, 0.1) is 0 Å². The minimum atomic E-state index is 0.263. The third-order valence-electron chi connectivity index (χ3n) is 2.95. The average Bonchev–Trinajstić information content (AvgIpc) is 2.39. The lowest BCUT2D eigenvalue weighted by Gasteiger charge is -2.15. The van der Waals surface area contributed by atoms with Crippen molar-refractivity contribution < 1.29 is 0 Å². The molecule has 0 aliphatic carbocycles. The first kappa shape index (κ1) is 13.4. The molecule has 3 heteroatoms. The average molecular weight is 280 g/mol. The second-order valence-corrected chi connectivity index (χ2v) is 5.03. The van der Waals surface area contributed by atoms with Gasteiger partial charge in [0.1, 0.15) is 0 Å². The Balaban J connectivity index is 2.04. The van der Waals surface area contributed by atoms with E-state index < -0.39 is 0 Å². The van der Waals surface area contributed by atoms with E-state index in [4.69, 9.17) is 23.2 Å². The van der Waals surface area contributed by atoms with Crippen molar-refractivity contribution in [2.75, 3.05) is 0 Å². The summed E-state index contributed by atoms with van der Waals surface area (Å²) in [5.41, 5.74) is 2.20. The van der Waals surface area contributed by atoms with Crippen molar-refractivity contribution in [3.05, 3.63) is 69.7 Å². The van der Waals surface area contributed by atoms with Crippen LogP contribution in [0.4, 0.5) is 0 Å². The van der Waals surface area contributed by atoms with Crippen LogP contribution in [0, 0.1) is 0 Å². The van der Waals surface area contributed by atoms with Gasteiger partial charge in [0.15, 0.2) is 0 Å². The molecule has 0 amide bonds. The minimum absolute atomic E-state index is 0.263. The summed E-state index contributed by atoms with van der Waals surface area (Å²) in [6.45, 7) is 2.79. The number of benzene rings is 2. The van der Waals surface area contributed by atoms with Crippen LogP contribution in [0.3, 0.4) is 0 Å². The molecule has 94 valence electrons. The quantitative estimate of drug-likeness (QED) is 0.844. The van der Waals surface area contributed by atoms with Crippen molar-refractivity contribution in [2.45, 2.75) is 19.5 Å². The summed E-state index contributed by atoms with van der Waals surface area (Å²) in [6.07, 6.45) is 0. The molecule has 0 spiro atoms. The van der Waals surface area contributed by atoms with Crippen LogP contribution in [-0.2, 0) is 6.54 Å². The van der Waals surface area contributed by atoms with Crippen molar-refractivity contribution >= 4 is 23.2 Å². The van der Waals surface area contributed by atoms with E-state index >= 15 is 0 Å². The van der Waals surface area contributed by atoms with Crippen LogP contribution in [-0.4, -0.2) is 0 Å². The summed E-state index contributed by atoms with van der Waals surface area (Å²) in [6, 6.07) is 16.1. The molecular formula is C15H15Cl2N. The molecule has 1 N–H and O–H groups in total. The Hall–Kier alpha value is -1.02. The molecule has 0 fully saturated rings. The molecule has 0 aliphatic heterocycles. The van der Waals surface area contributed by atoms with Gasteiger partial charge < -0.3 is 5.32 Å². The molecule has 2 aromatic carbocycles. The molecule has 0 saturated heterocycles. The molecule has 1 atom stereocenters. The molecule has 0 saturated carbocycles. The number of halogens is 2. The first-order valence-corrected chi connectivity index (χ1v) is 6.65. The predicted octanol–water partition coefficient (Wildman–Crippen LogP) is 4.84. The largest absolute Gasteiger partial charge is 0.306 e. The van der Waals surface area contributed by atoms with Gasteiger partial charge in [-0.3, -0.25) is 0 Å². The fraction of sp³-hybridized carbons (Fsp3) is 0.200. The maximum absolute atomic E-state index is 6.13. The maximum Gasteiger partial charge on any atom is 0.0465 e. The molecule has 2 rings (SSSR count). The van der Waals surface area contributed by atoms with Gasteiger partial charge in [0.25, 0.3) is 0 Å². The minimum Gasteiger partial charge on any atom is -0.306 e. The molecule has 0 aromatic heterocycles. The topological polar surface area (TPSA) is 12.0 Å². The Kier molecular flexibility index (Phi) is 4.65. The lowest BCUT2D eigenvalue weighted by atomic mass is 10.1. The maximum atomic E-state index is 6.13. The molecule has 2 aromatic rings. The lowest BCUT2D eigenvalue weighted by molar-refractivity contribution is 0.575. The highest BCUT2D eigenvalue weighted by molar-refractivity contribution is 6.35. The first-order valence-electron chi connectivity index (χ1n) is 5.89. The Morgan fingerprint density at radius 2 is 1.56 bits per heavy atom. The third kappa shape index (κ3) is 3.26. The molecular weight excluding hydrogens is 265 g/mol. The van der Waals surface area contributed by atoms with Crippen LogP contribution >= 0.6 is 23.2 Å². The first-order chi connectivity index (χ1) is 8.68. The molecule has 0 bridgehead atoms. The van der Waals surface area contributed by atoms with Crippen LogP contribution in [0.5, 0.6) is 0 Å². The van der Waals surface area contributed by atoms with Gasteiger partial charge in [-0.1, -0.05) is 59.6 Å². The van der Waals surface area contributed by atoms with Crippen molar-refractivity contribution in [1.82, 2.24) is 5.32 Å². The van der Waals surface area contributed by atoms with Crippen molar-refractivity contribution in [3.63, 3.8) is 0 Å². The zero-order chi connectivity index (χ0) is 13.0. The Morgan fingerprint density at radius 3 is 2.17 bits per heavy atom. The predicted molar refractivity (Wildman–Crippen MR) is 78.2 cm³/mol. The fourth-order valence-electron chi connectivity index (χ4n) is 1.82. The molecule has 18 heavy (non-hydrogen) atoms. The number of hydrogen-bond donors (Lipinski definition) is 1. The molecule has 1 nitrogen and oxygen atoms in total. The molecule has 0 heterocycles. The van der Waals surface area contributed by atoms with Crippen LogP contribution in [0.25, 0.3) is 0 Å². The van der Waals surface area contributed by atoms with Gasteiger partial charge in [-0.15, -0.1) is 0 Å². The van der Waals surface area contributed by atoms with E-state index in [1.54, 1.807) is 0 Å². The Bertz CT molecular complexity index is 491. The zero-order valence-electron chi connectivity index (χ0n) is 10.2. The van der Waals surface area contributed by atoms with Crippen molar-refractivity contribution in [1.29, 1.82) is 0 Å².